The van der Waals surface area contributed by atoms with E-state index >= 15 is 0 Å². The van der Waals surface area contributed by atoms with Crippen LogP contribution in [-0.2, 0) is 6.42 Å². The van der Waals surface area contributed by atoms with Gasteiger partial charge < -0.3 is 5.32 Å². The highest BCUT2D eigenvalue weighted by Gasteiger charge is 2.13. The fraction of sp³-hybridized carbons (Fsp3) is 0.400. The molecule has 1 N–H and O–H groups in total. The van der Waals surface area contributed by atoms with Crippen molar-refractivity contribution in [2.75, 3.05) is 11.9 Å². The lowest BCUT2D eigenvalue weighted by Gasteiger charge is -2.02. The molecule has 0 saturated heterocycles. The smallest absolute Gasteiger partial charge is 0.129 e. The van der Waals surface area contributed by atoms with Crippen LogP contribution in [0.1, 0.15) is 25.3 Å². The average molecular weight is 305 g/mol. The van der Waals surface area contributed by atoms with Crippen molar-refractivity contribution in [1.29, 1.82) is 0 Å². The second kappa shape index (κ2) is 4.88. The Hall–Kier alpha value is -1.09. The molecular weight excluding hydrogens is 288 g/mol. The second-order valence-electron chi connectivity index (χ2n) is 5.19. The van der Waals surface area contributed by atoms with E-state index in [2.05, 4.69) is 57.4 Å². The largest absolute Gasteiger partial charge is 0.369 e. The number of benzene rings is 1. The number of aromatic nitrogens is 1. The van der Waals surface area contributed by atoms with Crippen molar-refractivity contribution < 1.29 is 0 Å². The molecule has 2 aromatic rings. The molecule has 2 aliphatic rings. The molecule has 1 aromatic heterocycles. The van der Waals surface area contributed by atoms with Crippen LogP contribution in [0.2, 0.25) is 0 Å². The van der Waals surface area contributed by atoms with Gasteiger partial charge in [-0.05, 0) is 36.1 Å². The van der Waals surface area contributed by atoms with Gasteiger partial charge in [-0.2, -0.15) is 0 Å². The summed E-state index contributed by atoms with van der Waals surface area (Å²) >= 11 is 3.45. The van der Waals surface area contributed by atoms with Crippen LogP contribution in [-0.4, -0.2) is 11.5 Å². The number of nitrogens with zero attached hydrogens (tertiary/aromatic N) is 1. The van der Waals surface area contributed by atoms with Gasteiger partial charge in [0.25, 0.3) is 0 Å². The SMILES string of the molecule is Brc1ccc2cc3c(nc2c1)NCC3.CC1CC1. The molecule has 0 atom stereocenters. The molecule has 1 aliphatic carbocycles. The first-order valence-corrected chi connectivity index (χ1v) is 7.35. The molecule has 1 aromatic carbocycles. The van der Waals surface area contributed by atoms with Crippen molar-refractivity contribution >= 4 is 32.7 Å². The standard InChI is InChI=1S/C11H9BrN2.C4H8/c12-9-2-1-7-5-8-3-4-13-11(8)14-10(7)6-9;1-4-2-3-4/h1-2,5-6H,3-4H2,(H,13,14);4H,2-3H2,1H3. The van der Waals surface area contributed by atoms with Crippen molar-refractivity contribution in [3.05, 3.63) is 34.3 Å². The molecule has 1 saturated carbocycles. The highest BCUT2D eigenvalue weighted by molar-refractivity contribution is 9.10. The van der Waals surface area contributed by atoms with Gasteiger partial charge in [-0.1, -0.05) is 41.8 Å². The van der Waals surface area contributed by atoms with Gasteiger partial charge >= 0.3 is 0 Å². The normalized spacial score (nSPS) is 16.8. The molecule has 0 radical (unpaired) electrons. The maximum Gasteiger partial charge on any atom is 0.129 e. The topological polar surface area (TPSA) is 24.9 Å². The number of hydrogen-bond acceptors (Lipinski definition) is 2. The van der Waals surface area contributed by atoms with Crippen LogP contribution in [0.3, 0.4) is 0 Å². The molecule has 0 bridgehead atoms. The Bertz CT molecular complexity index is 576. The molecule has 1 aliphatic heterocycles. The minimum absolute atomic E-state index is 1.01. The Balaban J connectivity index is 0.000000214. The van der Waals surface area contributed by atoms with Gasteiger partial charge in [-0.25, -0.2) is 4.98 Å². The van der Waals surface area contributed by atoms with Crippen LogP contribution in [0.5, 0.6) is 0 Å². The van der Waals surface area contributed by atoms with Gasteiger partial charge in [0, 0.05) is 16.4 Å². The molecule has 3 heteroatoms. The van der Waals surface area contributed by atoms with Crippen LogP contribution in [0.4, 0.5) is 5.82 Å². The van der Waals surface area contributed by atoms with Crippen molar-refractivity contribution in [1.82, 2.24) is 4.98 Å². The Kier molecular flexibility index (Phi) is 3.25. The lowest BCUT2D eigenvalue weighted by Crippen LogP contribution is -1.93. The van der Waals surface area contributed by atoms with E-state index in [1.165, 1.54) is 23.8 Å². The number of pyridine rings is 1. The molecule has 2 nitrogen and oxygen atoms in total. The first-order chi connectivity index (χ1) is 8.72. The minimum Gasteiger partial charge on any atom is -0.369 e. The molecule has 18 heavy (non-hydrogen) atoms. The van der Waals surface area contributed by atoms with Crippen molar-refractivity contribution in [2.45, 2.75) is 26.2 Å². The van der Waals surface area contributed by atoms with E-state index in [-0.39, 0.29) is 0 Å². The average Bonchev–Trinajstić information content (AvgIpc) is 3.00. The van der Waals surface area contributed by atoms with Crippen LogP contribution in [0, 0.1) is 5.92 Å². The predicted octanol–water partition coefficient (Wildman–Crippen LogP) is 4.38. The van der Waals surface area contributed by atoms with Crippen LogP contribution in [0.25, 0.3) is 10.9 Å². The maximum absolute atomic E-state index is 4.58. The number of fused-ring (bicyclic) bond motifs is 2. The Morgan fingerprint density at radius 3 is 2.78 bits per heavy atom. The van der Waals surface area contributed by atoms with Gasteiger partial charge in [-0.3, -0.25) is 0 Å². The van der Waals surface area contributed by atoms with E-state index in [0.29, 0.717) is 0 Å². The number of halogens is 1. The van der Waals surface area contributed by atoms with E-state index in [1.54, 1.807) is 0 Å². The third kappa shape index (κ3) is 2.66. The summed E-state index contributed by atoms with van der Waals surface area (Å²) in [7, 11) is 0. The zero-order valence-electron chi connectivity index (χ0n) is 10.5. The van der Waals surface area contributed by atoms with Gasteiger partial charge in [0.1, 0.15) is 5.82 Å². The molecule has 1 fully saturated rings. The van der Waals surface area contributed by atoms with Gasteiger partial charge in [0.15, 0.2) is 0 Å². The van der Waals surface area contributed by atoms with Crippen molar-refractivity contribution in [3.63, 3.8) is 0 Å². The third-order valence-electron chi connectivity index (χ3n) is 3.41. The Morgan fingerprint density at radius 1 is 1.28 bits per heavy atom. The van der Waals surface area contributed by atoms with Gasteiger partial charge in [-0.15, -0.1) is 0 Å². The fourth-order valence-electron chi connectivity index (χ4n) is 2.01. The number of rotatable bonds is 0. The third-order valence-corrected chi connectivity index (χ3v) is 3.90. The highest BCUT2D eigenvalue weighted by Crippen LogP contribution is 2.27. The molecule has 2 heterocycles. The van der Waals surface area contributed by atoms with E-state index < -0.39 is 0 Å². The summed E-state index contributed by atoms with van der Waals surface area (Å²) in [6, 6.07) is 8.43. The number of anilines is 1. The zero-order chi connectivity index (χ0) is 12.5. The van der Waals surface area contributed by atoms with E-state index in [9.17, 15) is 0 Å². The Labute approximate surface area is 116 Å². The molecular formula is C15H17BrN2. The monoisotopic (exact) mass is 304 g/mol. The zero-order valence-corrected chi connectivity index (χ0v) is 12.1. The van der Waals surface area contributed by atoms with Crippen molar-refractivity contribution in [3.8, 4) is 0 Å². The van der Waals surface area contributed by atoms with Crippen molar-refractivity contribution in [2.24, 2.45) is 5.92 Å². The van der Waals surface area contributed by atoms with E-state index in [1.807, 2.05) is 0 Å². The number of hydrogen-bond donors (Lipinski definition) is 1. The van der Waals surface area contributed by atoms with Gasteiger partial charge in [0.2, 0.25) is 0 Å². The second-order valence-corrected chi connectivity index (χ2v) is 6.11. The molecule has 4 rings (SSSR count). The summed E-state index contributed by atoms with van der Waals surface area (Å²) < 4.78 is 1.08. The number of nitrogens with one attached hydrogen (secondary N) is 1. The fourth-order valence-corrected chi connectivity index (χ4v) is 2.36. The lowest BCUT2D eigenvalue weighted by atomic mass is 10.1. The summed E-state index contributed by atoms with van der Waals surface area (Å²) in [4.78, 5) is 4.58. The molecule has 0 spiro atoms. The first-order valence-electron chi connectivity index (χ1n) is 6.55. The molecule has 94 valence electrons. The van der Waals surface area contributed by atoms with E-state index in [4.69, 9.17) is 0 Å². The Morgan fingerprint density at radius 2 is 2.06 bits per heavy atom. The summed E-state index contributed by atoms with van der Waals surface area (Å²) in [5.74, 6) is 2.13. The molecule has 0 amide bonds. The van der Waals surface area contributed by atoms with Crippen LogP contribution < -0.4 is 5.32 Å². The lowest BCUT2D eigenvalue weighted by molar-refractivity contribution is 0.983. The summed E-state index contributed by atoms with van der Waals surface area (Å²) in [5.41, 5.74) is 2.38. The van der Waals surface area contributed by atoms with Gasteiger partial charge in [0.05, 0.1) is 5.52 Å². The van der Waals surface area contributed by atoms with E-state index in [0.717, 1.165) is 34.7 Å². The van der Waals surface area contributed by atoms with Crippen LogP contribution >= 0.6 is 15.9 Å². The summed E-state index contributed by atoms with van der Waals surface area (Å²) in [6.45, 7) is 3.29. The highest BCUT2D eigenvalue weighted by atomic mass is 79.9. The quantitative estimate of drug-likeness (QED) is 0.781. The first kappa shape index (κ1) is 12.0. The summed E-state index contributed by atoms with van der Waals surface area (Å²) in [5, 5.41) is 4.50. The maximum atomic E-state index is 4.58. The minimum atomic E-state index is 1.01. The molecule has 0 unspecified atom stereocenters. The predicted molar refractivity (Wildman–Crippen MR) is 80.0 cm³/mol. The van der Waals surface area contributed by atoms with Crippen LogP contribution in [0.15, 0.2) is 28.7 Å². The summed E-state index contributed by atoms with van der Waals surface area (Å²) in [6.07, 6.45) is 4.06.